The molecular weight excluding hydrogens is 322 g/mol. The number of benzene rings is 2. The van der Waals surface area contributed by atoms with Crippen molar-refractivity contribution in [2.24, 2.45) is 0 Å². The highest BCUT2D eigenvalue weighted by Gasteiger charge is 2.11. The van der Waals surface area contributed by atoms with Crippen LogP contribution in [0.25, 0.3) is 0 Å². The molecule has 0 saturated carbocycles. The van der Waals surface area contributed by atoms with Gasteiger partial charge in [-0.25, -0.2) is 13.1 Å². The molecule has 2 N–H and O–H groups in total. The van der Waals surface area contributed by atoms with E-state index in [9.17, 15) is 8.42 Å². The summed E-state index contributed by atoms with van der Waals surface area (Å²) in [5.74, 6) is 0. The van der Waals surface area contributed by atoms with Crippen LogP contribution >= 0.6 is 11.6 Å². The highest BCUT2D eigenvalue weighted by Crippen LogP contribution is 2.21. The average Bonchev–Trinajstić information content (AvgIpc) is 2.53. The second-order valence-corrected chi connectivity index (χ2v) is 6.81. The number of halogens is 1. The van der Waals surface area contributed by atoms with Crippen LogP contribution < -0.4 is 10.0 Å². The molecule has 0 aliphatic heterocycles. The number of nitrogens with one attached hydrogen (secondary N) is 2. The van der Waals surface area contributed by atoms with Gasteiger partial charge in [0, 0.05) is 12.2 Å². The van der Waals surface area contributed by atoms with Gasteiger partial charge in [0.25, 0.3) is 0 Å². The van der Waals surface area contributed by atoms with Gasteiger partial charge in [0.15, 0.2) is 0 Å². The van der Waals surface area contributed by atoms with Crippen LogP contribution in [0.2, 0.25) is 5.02 Å². The van der Waals surface area contributed by atoms with Crippen LogP contribution in [0.4, 0.5) is 5.69 Å². The van der Waals surface area contributed by atoms with Crippen molar-refractivity contribution in [3.8, 4) is 6.07 Å². The van der Waals surface area contributed by atoms with Gasteiger partial charge in [0.2, 0.25) is 10.0 Å². The third-order valence-electron chi connectivity index (χ3n) is 3.06. The van der Waals surface area contributed by atoms with Crippen molar-refractivity contribution in [3.63, 3.8) is 0 Å². The summed E-state index contributed by atoms with van der Waals surface area (Å²) in [6, 6.07) is 13.7. The van der Waals surface area contributed by atoms with Crippen LogP contribution in [0.1, 0.15) is 11.1 Å². The van der Waals surface area contributed by atoms with E-state index in [1.807, 2.05) is 12.1 Å². The zero-order valence-corrected chi connectivity index (χ0v) is 13.4. The van der Waals surface area contributed by atoms with E-state index in [-0.39, 0.29) is 4.90 Å². The van der Waals surface area contributed by atoms with Gasteiger partial charge in [-0.3, -0.25) is 0 Å². The summed E-state index contributed by atoms with van der Waals surface area (Å²) < 4.78 is 25.8. The lowest BCUT2D eigenvalue weighted by molar-refractivity contribution is 0.588. The number of nitrogens with zero attached hydrogens (tertiary/aromatic N) is 1. The Morgan fingerprint density at radius 3 is 2.64 bits per heavy atom. The molecule has 2 rings (SSSR count). The van der Waals surface area contributed by atoms with Crippen LogP contribution in [0.15, 0.2) is 47.4 Å². The van der Waals surface area contributed by atoms with Crippen molar-refractivity contribution in [1.29, 1.82) is 5.26 Å². The van der Waals surface area contributed by atoms with Crippen LogP contribution in [-0.2, 0) is 16.6 Å². The second kappa shape index (κ2) is 6.79. The van der Waals surface area contributed by atoms with Gasteiger partial charge in [-0.2, -0.15) is 5.26 Å². The first kappa shape index (κ1) is 16.3. The van der Waals surface area contributed by atoms with E-state index in [2.05, 4.69) is 10.0 Å². The normalized spacial score (nSPS) is 11.0. The molecule has 0 aliphatic rings. The van der Waals surface area contributed by atoms with Gasteiger partial charge >= 0.3 is 0 Å². The Labute approximate surface area is 134 Å². The van der Waals surface area contributed by atoms with Crippen molar-refractivity contribution < 1.29 is 8.42 Å². The highest BCUT2D eigenvalue weighted by molar-refractivity contribution is 7.89. The first-order chi connectivity index (χ1) is 10.5. The minimum Gasteiger partial charge on any atom is -0.381 e. The molecule has 22 heavy (non-hydrogen) atoms. The lowest BCUT2D eigenvalue weighted by Gasteiger charge is -2.09. The molecule has 0 unspecified atom stereocenters. The van der Waals surface area contributed by atoms with Crippen LogP contribution in [0.5, 0.6) is 0 Å². The molecule has 0 atom stereocenters. The monoisotopic (exact) mass is 335 g/mol. The lowest BCUT2D eigenvalue weighted by Crippen LogP contribution is -2.18. The zero-order chi connectivity index (χ0) is 16.2. The predicted octanol–water partition coefficient (Wildman–Crippen LogP) is 2.73. The predicted molar refractivity (Wildman–Crippen MR) is 86.2 cm³/mol. The van der Waals surface area contributed by atoms with Gasteiger partial charge in [-0.1, -0.05) is 23.7 Å². The summed E-state index contributed by atoms with van der Waals surface area (Å²) >= 11 is 5.97. The molecule has 0 saturated heterocycles. The maximum Gasteiger partial charge on any atom is 0.240 e. The van der Waals surface area contributed by atoms with Crippen LogP contribution in [0.3, 0.4) is 0 Å². The van der Waals surface area contributed by atoms with Crippen molar-refractivity contribution >= 4 is 27.3 Å². The number of hydrogen-bond acceptors (Lipinski definition) is 4. The Morgan fingerprint density at radius 1 is 1.23 bits per heavy atom. The molecular formula is C15H14ClN3O2S. The summed E-state index contributed by atoms with van der Waals surface area (Å²) in [4.78, 5) is 0.215. The molecule has 0 aromatic heterocycles. The Hall–Kier alpha value is -2.07. The van der Waals surface area contributed by atoms with Gasteiger partial charge in [-0.05, 0) is 42.9 Å². The molecule has 7 heteroatoms. The summed E-state index contributed by atoms with van der Waals surface area (Å²) in [6.07, 6.45) is 0. The van der Waals surface area contributed by atoms with Crippen molar-refractivity contribution in [2.45, 2.75) is 11.4 Å². The van der Waals surface area contributed by atoms with Crippen LogP contribution in [0, 0.1) is 11.3 Å². The fourth-order valence-electron chi connectivity index (χ4n) is 1.86. The maximum atomic E-state index is 11.8. The van der Waals surface area contributed by atoms with Crippen LogP contribution in [-0.4, -0.2) is 15.5 Å². The van der Waals surface area contributed by atoms with Gasteiger partial charge in [-0.15, -0.1) is 0 Å². The van der Waals surface area contributed by atoms with Crippen molar-refractivity contribution in [2.75, 3.05) is 12.4 Å². The fourth-order valence-corrected chi connectivity index (χ4v) is 2.88. The molecule has 5 nitrogen and oxygen atoms in total. The molecule has 0 radical (unpaired) electrons. The van der Waals surface area contributed by atoms with Crippen molar-refractivity contribution in [3.05, 3.63) is 58.6 Å². The Bertz CT molecular complexity index is 829. The van der Waals surface area contributed by atoms with Crippen molar-refractivity contribution in [1.82, 2.24) is 4.72 Å². The molecule has 0 spiro atoms. The van der Waals surface area contributed by atoms with E-state index in [0.29, 0.717) is 17.1 Å². The third kappa shape index (κ3) is 3.77. The molecule has 0 bridgehead atoms. The second-order valence-electron chi connectivity index (χ2n) is 4.51. The summed E-state index contributed by atoms with van der Waals surface area (Å²) in [7, 11) is -2.08. The number of sulfonamides is 1. The molecule has 0 aliphatic carbocycles. The maximum absolute atomic E-state index is 11.8. The number of anilines is 1. The Kier molecular flexibility index (Phi) is 5.03. The standard InChI is InChI=1S/C15H14ClN3O2S/c1-18-22(20,21)14-4-2-3-11(7-14)10-19-13-6-5-12(9-17)15(16)8-13/h2-8,18-19H,10H2,1H3. The number of hydrogen-bond donors (Lipinski definition) is 2. The third-order valence-corrected chi connectivity index (χ3v) is 4.79. The fraction of sp³-hybridized carbons (Fsp3) is 0.133. The number of nitriles is 1. The topological polar surface area (TPSA) is 82.0 Å². The van der Waals surface area contributed by atoms with Gasteiger partial charge < -0.3 is 5.32 Å². The smallest absolute Gasteiger partial charge is 0.240 e. The minimum absolute atomic E-state index is 0.215. The minimum atomic E-state index is -3.45. The summed E-state index contributed by atoms with van der Waals surface area (Å²) in [5, 5.41) is 12.3. The summed E-state index contributed by atoms with van der Waals surface area (Å²) in [5.41, 5.74) is 1.98. The average molecular weight is 336 g/mol. The Balaban J connectivity index is 2.14. The van der Waals surface area contributed by atoms with Gasteiger partial charge in [0.1, 0.15) is 6.07 Å². The lowest BCUT2D eigenvalue weighted by atomic mass is 10.2. The molecule has 0 amide bonds. The first-order valence-electron chi connectivity index (χ1n) is 6.42. The molecule has 114 valence electrons. The van der Waals surface area contributed by atoms with E-state index < -0.39 is 10.0 Å². The first-order valence-corrected chi connectivity index (χ1v) is 8.28. The largest absolute Gasteiger partial charge is 0.381 e. The quantitative estimate of drug-likeness (QED) is 0.880. The van der Waals surface area contributed by atoms with E-state index in [4.69, 9.17) is 16.9 Å². The van der Waals surface area contributed by atoms with Gasteiger partial charge in [0.05, 0.1) is 15.5 Å². The van der Waals surface area contributed by atoms with E-state index in [0.717, 1.165) is 11.3 Å². The Morgan fingerprint density at radius 2 is 2.00 bits per heavy atom. The summed E-state index contributed by atoms with van der Waals surface area (Å²) in [6.45, 7) is 0.440. The molecule has 2 aromatic rings. The van der Waals surface area contributed by atoms with E-state index in [1.165, 1.54) is 13.1 Å². The SMILES string of the molecule is CNS(=O)(=O)c1cccc(CNc2ccc(C#N)c(Cl)c2)c1. The number of rotatable bonds is 5. The molecule has 2 aromatic carbocycles. The molecule has 0 heterocycles. The molecule has 0 fully saturated rings. The zero-order valence-electron chi connectivity index (χ0n) is 11.8. The van der Waals surface area contributed by atoms with E-state index in [1.54, 1.807) is 30.3 Å². The van der Waals surface area contributed by atoms with E-state index >= 15 is 0 Å². The highest BCUT2D eigenvalue weighted by atomic mass is 35.5.